The molecule has 1 radical (unpaired) electrons. The first-order valence-electron chi connectivity index (χ1n) is 18.1. The Bertz CT molecular complexity index is 1490. The quantitative estimate of drug-likeness (QED) is 0.147. The van der Waals surface area contributed by atoms with E-state index in [9.17, 15) is 19.8 Å². The number of carbonyl (C=O) groups is 2. The summed E-state index contributed by atoms with van der Waals surface area (Å²) in [6.07, 6.45) is 7.94. The van der Waals surface area contributed by atoms with Gasteiger partial charge < -0.3 is 20.1 Å². The van der Waals surface area contributed by atoms with Crippen LogP contribution in [0, 0.1) is 0 Å². The first kappa shape index (κ1) is 48.0. The number of Topliss-reactive ketones (excluding diaryl/α,β-unsaturated/α-hetero) is 1. The number of benzene rings is 2. The van der Waals surface area contributed by atoms with Crippen molar-refractivity contribution in [2.75, 3.05) is 6.54 Å². The number of hydrogen-bond donors (Lipinski definition) is 3. The molecule has 51 heavy (non-hydrogen) atoms. The van der Waals surface area contributed by atoms with E-state index in [2.05, 4.69) is 95.2 Å². The van der Waals surface area contributed by atoms with Crippen LogP contribution in [0.25, 0.3) is 0 Å². The minimum absolute atomic E-state index is 0. The third-order valence-electron chi connectivity index (χ3n) is 8.56. The molecule has 0 saturated heterocycles. The van der Waals surface area contributed by atoms with Gasteiger partial charge in [-0.15, -0.1) is 0 Å². The van der Waals surface area contributed by atoms with Crippen LogP contribution in [0.3, 0.4) is 0 Å². The minimum atomic E-state index is -0.735. The summed E-state index contributed by atoms with van der Waals surface area (Å²) in [6, 6.07) is 8.31. The molecule has 2 aromatic rings. The summed E-state index contributed by atoms with van der Waals surface area (Å²) in [4.78, 5) is 30.1. The number of ketones is 1. The van der Waals surface area contributed by atoms with Gasteiger partial charge in [0.05, 0.1) is 12.1 Å². The normalized spacial score (nSPS) is 12.8. The van der Waals surface area contributed by atoms with E-state index < -0.39 is 11.5 Å². The molecule has 0 unspecified atom stereocenters. The fourth-order valence-electron chi connectivity index (χ4n) is 5.18. The average molecular weight is 752 g/mol. The molecule has 0 amide bonds. The van der Waals surface area contributed by atoms with Crippen molar-refractivity contribution in [2.24, 2.45) is 9.98 Å². The molecule has 289 valence electrons. The number of phenols is 2. The van der Waals surface area contributed by atoms with Crippen molar-refractivity contribution in [2.45, 2.75) is 170 Å². The molecule has 8 heteroatoms. The predicted octanol–water partition coefficient (Wildman–Crippen LogP) is 10.6. The van der Waals surface area contributed by atoms with Gasteiger partial charge in [-0.05, 0) is 78.5 Å². The van der Waals surface area contributed by atoms with E-state index in [1.165, 1.54) is 11.1 Å². The number of nitrogens with zero attached hydrogens (tertiary/aromatic N) is 2. The molecule has 0 saturated carbocycles. The number of aliphatic imine (C=N–C) groups is 2. The van der Waals surface area contributed by atoms with E-state index in [0.717, 1.165) is 47.9 Å². The Morgan fingerprint density at radius 3 is 1.35 bits per heavy atom. The van der Waals surface area contributed by atoms with Crippen molar-refractivity contribution < 1.29 is 41.7 Å². The predicted molar refractivity (Wildman–Crippen MR) is 211 cm³/mol. The van der Waals surface area contributed by atoms with Crippen LogP contribution in [-0.4, -0.2) is 51.6 Å². The summed E-state index contributed by atoms with van der Waals surface area (Å²) < 4.78 is 0. The number of carboxylic acids is 1. The third-order valence-corrected chi connectivity index (χ3v) is 8.56. The number of phenolic OH excluding ortho intramolecular Hbond substituents is 2. The monoisotopic (exact) mass is 751 g/mol. The van der Waals surface area contributed by atoms with Gasteiger partial charge in [0, 0.05) is 64.3 Å². The topological polar surface area (TPSA) is 120 Å². The van der Waals surface area contributed by atoms with Gasteiger partial charge in [0.15, 0.2) is 0 Å². The minimum Gasteiger partial charge on any atom is -0.507 e. The second-order valence-electron chi connectivity index (χ2n) is 18.5. The Morgan fingerprint density at radius 1 is 0.608 bits per heavy atom. The van der Waals surface area contributed by atoms with Crippen LogP contribution in [0.5, 0.6) is 11.5 Å². The van der Waals surface area contributed by atoms with E-state index in [-0.39, 0.29) is 62.1 Å². The Labute approximate surface area is 320 Å². The molecular weight excluding hydrogens is 683 g/mol. The van der Waals surface area contributed by atoms with Crippen LogP contribution in [0.4, 0.5) is 0 Å². The first-order valence-corrected chi connectivity index (χ1v) is 18.1. The fraction of sp³-hybridized carbons (Fsp3) is 0.628. The first-order chi connectivity index (χ1) is 22.6. The van der Waals surface area contributed by atoms with Gasteiger partial charge in [0.1, 0.15) is 17.3 Å². The standard InChI is InChI=1S/C34H52N2O2.C9H16O3.Co/c1-30(2,3)24-15-22(28(37)26(17-24)32(7,8)9)19-35-21-34(13,14)36-20-23-16-25(31(4,5)6)18-27(29(23)38)33(10,11)12;1-8(10)6-4-2-3-5-7-9(11)12;/h15-20,37-38H,21H2,1-14H3;2-7H2,1H3,(H,11,12);. The van der Waals surface area contributed by atoms with Gasteiger partial charge in [-0.25, -0.2) is 0 Å². The van der Waals surface area contributed by atoms with Crippen LogP contribution in [0.15, 0.2) is 34.3 Å². The van der Waals surface area contributed by atoms with Crippen molar-refractivity contribution >= 4 is 24.2 Å². The number of aromatic hydroxyl groups is 2. The van der Waals surface area contributed by atoms with E-state index >= 15 is 0 Å². The summed E-state index contributed by atoms with van der Waals surface area (Å²) >= 11 is 0. The van der Waals surface area contributed by atoms with Gasteiger partial charge in [-0.3, -0.25) is 14.8 Å². The Balaban J connectivity index is 0.00000164. The molecule has 7 nitrogen and oxygen atoms in total. The maximum atomic E-state index is 11.1. The SMILES string of the molecule is CC(=O)CCCCCCC(=O)O.CC(C)(CN=Cc1cc(C(C)(C)C)cc(C(C)(C)C)c1O)N=Cc1cc(C(C)(C)C)cc(C(C)(C)C)c1O.[Co]. The second-order valence-corrected chi connectivity index (χ2v) is 18.5. The number of hydrogen-bond acceptors (Lipinski definition) is 6. The smallest absolute Gasteiger partial charge is 0.303 e. The van der Waals surface area contributed by atoms with Gasteiger partial charge in [-0.2, -0.15) is 0 Å². The number of carbonyl (C=O) groups excluding carboxylic acids is 1. The molecule has 0 fully saturated rings. The molecule has 2 aromatic carbocycles. The van der Waals surface area contributed by atoms with E-state index in [1.807, 2.05) is 26.0 Å². The second kappa shape index (κ2) is 19.2. The average Bonchev–Trinajstić information content (AvgIpc) is 2.92. The van der Waals surface area contributed by atoms with E-state index in [0.29, 0.717) is 13.0 Å². The van der Waals surface area contributed by atoms with Crippen molar-refractivity contribution in [3.05, 3.63) is 57.6 Å². The third kappa shape index (κ3) is 16.9. The molecule has 0 spiro atoms. The molecule has 0 aromatic heterocycles. The Morgan fingerprint density at radius 2 is 1.00 bits per heavy atom. The van der Waals surface area contributed by atoms with Crippen LogP contribution < -0.4 is 0 Å². The molecule has 0 aliphatic rings. The number of carboxylic acid groups (broad SMARTS) is 1. The maximum absolute atomic E-state index is 11.1. The molecule has 2 rings (SSSR count). The number of rotatable bonds is 12. The Kier molecular flexibility index (Phi) is 18.1. The van der Waals surface area contributed by atoms with Gasteiger partial charge in [0.25, 0.3) is 0 Å². The van der Waals surface area contributed by atoms with E-state index in [1.54, 1.807) is 19.4 Å². The largest absolute Gasteiger partial charge is 0.507 e. The van der Waals surface area contributed by atoms with Crippen molar-refractivity contribution in [1.29, 1.82) is 0 Å². The zero-order valence-electron chi connectivity index (χ0n) is 34.3. The van der Waals surface area contributed by atoms with Gasteiger partial charge >= 0.3 is 5.97 Å². The number of aliphatic carboxylic acids is 1. The molecule has 0 aliphatic heterocycles. The van der Waals surface area contributed by atoms with Crippen molar-refractivity contribution in [3.63, 3.8) is 0 Å². The van der Waals surface area contributed by atoms with E-state index in [4.69, 9.17) is 15.1 Å². The molecule has 0 atom stereocenters. The summed E-state index contributed by atoms with van der Waals surface area (Å²) in [7, 11) is 0. The van der Waals surface area contributed by atoms with Crippen molar-refractivity contribution in [3.8, 4) is 11.5 Å². The molecule has 3 N–H and O–H groups in total. The zero-order valence-corrected chi connectivity index (χ0v) is 35.3. The summed E-state index contributed by atoms with van der Waals surface area (Å²) in [5.41, 5.74) is 4.67. The molecule has 0 bridgehead atoms. The maximum Gasteiger partial charge on any atom is 0.303 e. The van der Waals surface area contributed by atoms with Crippen LogP contribution in [0.2, 0.25) is 0 Å². The van der Waals surface area contributed by atoms with Crippen LogP contribution >= 0.6 is 0 Å². The zero-order chi connectivity index (χ0) is 38.9. The number of unbranched alkanes of at least 4 members (excludes halogenated alkanes) is 3. The van der Waals surface area contributed by atoms with Crippen LogP contribution in [-0.2, 0) is 48.0 Å². The van der Waals surface area contributed by atoms with Gasteiger partial charge in [-0.1, -0.05) is 108 Å². The van der Waals surface area contributed by atoms with Gasteiger partial charge in [0.2, 0.25) is 0 Å². The van der Waals surface area contributed by atoms with Crippen molar-refractivity contribution in [1.82, 2.24) is 0 Å². The summed E-state index contributed by atoms with van der Waals surface area (Å²) in [5.74, 6) is 0.0520. The molecular formula is C43H68CoN2O5. The Hall–Kier alpha value is -2.97. The van der Waals surface area contributed by atoms with Crippen LogP contribution in [0.1, 0.15) is 176 Å². The molecule has 0 heterocycles. The fourth-order valence-corrected chi connectivity index (χ4v) is 5.18. The molecule has 0 aliphatic carbocycles. The summed E-state index contributed by atoms with van der Waals surface area (Å²) in [5, 5.41) is 30.5. The summed E-state index contributed by atoms with van der Waals surface area (Å²) in [6.45, 7) is 31.9.